The number of nitrogens with one attached hydrogen (secondary N) is 2. The molecular formula is C14H17N3OS. The average Bonchev–Trinajstić information content (AvgIpc) is 2.92. The van der Waals surface area contributed by atoms with Crippen LogP contribution in [0.1, 0.15) is 22.3 Å². The molecule has 0 saturated heterocycles. The Morgan fingerprint density at radius 1 is 1.32 bits per heavy atom. The molecule has 0 aromatic carbocycles. The molecule has 0 saturated carbocycles. The van der Waals surface area contributed by atoms with Gasteiger partial charge in [-0.2, -0.15) is 0 Å². The Bertz CT molecular complexity index is 525. The molecule has 0 aliphatic rings. The summed E-state index contributed by atoms with van der Waals surface area (Å²) in [6, 6.07) is 9.50. The van der Waals surface area contributed by atoms with Crippen molar-refractivity contribution in [2.75, 3.05) is 18.4 Å². The molecule has 0 bridgehead atoms. The van der Waals surface area contributed by atoms with Crippen LogP contribution in [0.25, 0.3) is 0 Å². The highest BCUT2D eigenvalue weighted by molar-refractivity contribution is 7.09. The molecular weight excluding hydrogens is 258 g/mol. The molecule has 0 aliphatic carbocycles. The fraction of sp³-hybridized carbons (Fsp3) is 0.286. The summed E-state index contributed by atoms with van der Waals surface area (Å²) in [5.41, 5.74) is 0.449. The minimum absolute atomic E-state index is 0.128. The van der Waals surface area contributed by atoms with Gasteiger partial charge in [0.2, 0.25) is 0 Å². The largest absolute Gasteiger partial charge is 0.370 e. The van der Waals surface area contributed by atoms with Crippen molar-refractivity contribution >= 4 is 23.1 Å². The summed E-state index contributed by atoms with van der Waals surface area (Å²) in [6.45, 7) is 3.42. The minimum atomic E-state index is -0.128. The molecule has 0 spiro atoms. The molecule has 4 nitrogen and oxygen atoms in total. The van der Waals surface area contributed by atoms with Gasteiger partial charge in [0.25, 0.3) is 5.91 Å². The number of amides is 1. The number of anilines is 1. The van der Waals surface area contributed by atoms with Crippen molar-refractivity contribution in [2.45, 2.75) is 13.3 Å². The van der Waals surface area contributed by atoms with Crippen molar-refractivity contribution < 1.29 is 4.79 Å². The van der Waals surface area contributed by atoms with Crippen LogP contribution in [0.15, 0.2) is 35.7 Å². The zero-order valence-electron chi connectivity index (χ0n) is 10.8. The van der Waals surface area contributed by atoms with Gasteiger partial charge in [-0.1, -0.05) is 12.1 Å². The molecule has 2 aromatic heterocycles. The van der Waals surface area contributed by atoms with E-state index in [0.29, 0.717) is 12.2 Å². The highest BCUT2D eigenvalue weighted by atomic mass is 32.1. The van der Waals surface area contributed by atoms with Gasteiger partial charge in [0.15, 0.2) is 0 Å². The van der Waals surface area contributed by atoms with E-state index in [0.717, 1.165) is 18.8 Å². The zero-order chi connectivity index (χ0) is 13.5. The van der Waals surface area contributed by atoms with Gasteiger partial charge in [-0.3, -0.25) is 4.79 Å². The highest BCUT2D eigenvalue weighted by Crippen LogP contribution is 2.08. The third-order valence-corrected chi connectivity index (χ3v) is 3.51. The van der Waals surface area contributed by atoms with E-state index in [1.54, 1.807) is 17.4 Å². The van der Waals surface area contributed by atoms with Gasteiger partial charge in [0.1, 0.15) is 11.5 Å². The van der Waals surface area contributed by atoms with Crippen LogP contribution in [0.5, 0.6) is 0 Å². The summed E-state index contributed by atoms with van der Waals surface area (Å²) in [5, 5.41) is 8.02. The number of pyridine rings is 1. The fourth-order valence-electron chi connectivity index (χ4n) is 1.69. The minimum Gasteiger partial charge on any atom is -0.370 e. The molecule has 2 heterocycles. The number of carbonyl (C=O) groups is 1. The Morgan fingerprint density at radius 2 is 2.21 bits per heavy atom. The number of aromatic nitrogens is 1. The third-order valence-electron chi connectivity index (χ3n) is 2.58. The van der Waals surface area contributed by atoms with E-state index in [4.69, 9.17) is 0 Å². The highest BCUT2D eigenvalue weighted by Gasteiger charge is 2.07. The maximum atomic E-state index is 11.9. The molecule has 2 aromatic rings. The van der Waals surface area contributed by atoms with Crippen LogP contribution in [-0.2, 0) is 6.42 Å². The van der Waals surface area contributed by atoms with Crippen molar-refractivity contribution in [1.29, 1.82) is 0 Å². The molecule has 0 radical (unpaired) electrons. The second-order valence-corrected chi connectivity index (χ2v) is 5.06. The zero-order valence-corrected chi connectivity index (χ0v) is 11.7. The molecule has 0 atom stereocenters. The summed E-state index contributed by atoms with van der Waals surface area (Å²) in [5.74, 6) is 0.602. The summed E-state index contributed by atoms with van der Waals surface area (Å²) < 4.78 is 0. The molecule has 0 unspecified atom stereocenters. The van der Waals surface area contributed by atoms with Gasteiger partial charge in [-0.25, -0.2) is 4.98 Å². The predicted molar refractivity (Wildman–Crippen MR) is 78.8 cm³/mol. The van der Waals surface area contributed by atoms with Crippen LogP contribution < -0.4 is 10.6 Å². The van der Waals surface area contributed by atoms with E-state index in [2.05, 4.69) is 21.7 Å². The van der Waals surface area contributed by atoms with Gasteiger partial charge < -0.3 is 10.6 Å². The van der Waals surface area contributed by atoms with E-state index < -0.39 is 0 Å². The molecule has 1 amide bonds. The normalized spacial score (nSPS) is 10.2. The van der Waals surface area contributed by atoms with Crippen molar-refractivity contribution in [3.63, 3.8) is 0 Å². The molecule has 2 N–H and O–H groups in total. The Hall–Kier alpha value is -1.88. The lowest BCUT2D eigenvalue weighted by molar-refractivity contribution is 0.0949. The second kappa shape index (κ2) is 6.89. The summed E-state index contributed by atoms with van der Waals surface area (Å²) in [6.07, 6.45) is 0.857. The van der Waals surface area contributed by atoms with Crippen LogP contribution in [0.2, 0.25) is 0 Å². The Labute approximate surface area is 116 Å². The van der Waals surface area contributed by atoms with E-state index in [1.165, 1.54) is 4.88 Å². The summed E-state index contributed by atoms with van der Waals surface area (Å²) >= 11 is 1.70. The summed E-state index contributed by atoms with van der Waals surface area (Å²) in [7, 11) is 0. The lowest BCUT2D eigenvalue weighted by atomic mass is 10.3. The van der Waals surface area contributed by atoms with Crippen molar-refractivity contribution in [2.24, 2.45) is 0 Å². The third kappa shape index (κ3) is 4.06. The maximum absolute atomic E-state index is 11.9. The van der Waals surface area contributed by atoms with Gasteiger partial charge in [0, 0.05) is 18.0 Å². The number of carbonyl (C=O) groups excluding carboxylic acids is 1. The second-order valence-electron chi connectivity index (χ2n) is 4.02. The van der Waals surface area contributed by atoms with E-state index >= 15 is 0 Å². The van der Waals surface area contributed by atoms with Crippen molar-refractivity contribution in [3.05, 3.63) is 46.3 Å². The topological polar surface area (TPSA) is 54.0 Å². The van der Waals surface area contributed by atoms with Gasteiger partial charge in [-0.05, 0) is 36.9 Å². The Morgan fingerprint density at radius 3 is 2.95 bits per heavy atom. The first-order chi connectivity index (χ1) is 9.29. The lowest BCUT2D eigenvalue weighted by Gasteiger charge is -2.06. The first kappa shape index (κ1) is 13.5. The first-order valence-corrected chi connectivity index (χ1v) is 7.19. The molecule has 0 fully saturated rings. The fourth-order valence-corrected chi connectivity index (χ4v) is 2.39. The standard InChI is InChI=1S/C14H17N3OS/c1-2-15-13-7-3-6-12(17-13)14(18)16-9-8-11-5-4-10-19-11/h3-7,10H,2,8-9H2,1H3,(H,15,17)(H,16,18). The number of nitrogens with zero attached hydrogens (tertiary/aromatic N) is 1. The average molecular weight is 275 g/mol. The number of hydrogen-bond donors (Lipinski definition) is 2. The SMILES string of the molecule is CCNc1cccc(C(=O)NCCc2cccs2)n1. The molecule has 2 rings (SSSR count). The van der Waals surface area contributed by atoms with Gasteiger partial charge >= 0.3 is 0 Å². The van der Waals surface area contributed by atoms with E-state index in [-0.39, 0.29) is 5.91 Å². The van der Waals surface area contributed by atoms with Crippen molar-refractivity contribution in [3.8, 4) is 0 Å². The molecule has 19 heavy (non-hydrogen) atoms. The van der Waals surface area contributed by atoms with Crippen LogP contribution in [0, 0.1) is 0 Å². The van der Waals surface area contributed by atoms with E-state index in [1.807, 2.05) is 30.5 Å². The maximum Gasteiger partial charge on any atom is 0.269 e. The van der Waals surface area contributed by atoms with Crippen LogP contribution >= 0.6 is 11.3 Å². The van der Waals surface area contributed by atoms with Crippen LogP contribution in [0.3, 0.4) is 0 Å². The van der Waals surface area contributed by atoms with E-state index in [9.17, 15) is 4.79 Å². The first-order valence-electron chi connectivity index (χ1n) is 6.31. The number of thiophene rings is 1. The quantitative estimate of drug-likeness (QED) is 0.852. The Balaban J connectivity index is 1.87. The molecule has 0 aliphatic heterocycles. The monoisotopic (exact) mass is 275 g/mol. The van der Waals surface area contributed by atoms with Gasteiger partial charge in [0.05, 0.1) is 0 Å². The van der Waals surface area contributed by atoms with Crippen LogP contribution in [-0.4, -0.2) is 24.0 Å². The van der Waals surface area contributed by atoms with Crippen LogP contribution in [0.4, 0.5) is 5.82 Å². The van der Waals surface area contributed by atoms with Crippen molar-refractivity contribution in [1.82, 2.24) is 10.3 Å². The predicted octanol–water partition coefficient (Wildman–Crippen LogP) is 2.55. The number of hydrogen-bond acceptors (Lipinski definition) is 4. The summed E-state index contributed by atoms with van der Waals surface area (Å²) in [4.78, 5) is 17.5. The lowest BCUT2D eigenvalue weighted by Crippen LogP contribution is -2.26. The molecule has 100 valence electrons. The molecule has 5 heteroatoms. The van der Waals surface area contributed by atoms with Gasteiger partial charge in [-0.15, -0.1) is 11.3 Å². The smallest absolute Gasteiger partial charge is 0.269 e. The Kier molecular flexibility index (Phi) is 4.92. The number of rotatable bonds is 6.